The Morgan fingerprint density at radius 1 is 1.16 bits per heavy atom. The maximum Gasteiger partial charge on any atom is 0.261 e. The van der Waals surface area contributed by atoms with E-state index in [0.29, 0.717) is 28.4 Å². The minimum atomic E-state index is -0.368. The van der Waals surface area contributed by atoms with Crippen LogP contribution >= 0.6 is 0 Å². The minimum absolute atomic E-state index is 0.0600. The van der Waals surface area contributed by atoms with Crippen LogP contribution in [0, 0.1) is 0 Å². The maximum absolute atomic E-state index is 12.2. The summed E-state index contributed by atoms with van der Waals surface area (Å²) in [5, 5.41) is 14.7. The average Bonchev–Trinajstić information content (AvgIpc) is 3.22. The highest BCUT2D eigenvalue weighted by atomic mass is 16.5. The molecule has 10 nitrogen and oxygen atoms in total. The fourth-order valence-electron chi connectivity index (χ4n) is 2.75. The summed E-state index contributed by atoms with van der Waals surface area (Å²) in [4.78, 5) is 23.4. The SMILES string of the molecule is COc1ccc(C=NNC(=O)Cn2cc(-c3cccc(NC(C)=O)c3)nn2)c(OC)c1. The van der Waals surface area contributed by atoms with Crippen LogP contribution in [-0.2, 0) is 16.1 Å². The molecule has 0 spiro atoms. The molecule has 0 saturated heterocycles. The van der Waals surface area contributed by atoms with Crippen LogP contribution in [0.5, 0.6) is 11.5 Å². The number of hydrogen-bond acceptors (Lipinski definition) is 7. The highest BCUT2D eigenvalue weighted by molar-refractivity contribution is 5.89. The van der Waals surface area contributed by atoms with E-state index in [4.69, 9.17) is 9.47 Å². The van der Waals surface area contributed by atoms with Gasteiger partial charge in [0.2, 0.25) is 5.91 Å². The Kier molecular flexibility index (Phi) is 6.94. The van der Waals surface area contributed by atoms with Gasteiger partial charge in [-0.3, -0.25) is 9.59 Å². The average molecular weight is 422 g/mol. The molecule has 0 fully saturated rings. The number of benzene rings is 2. The second kappa shape index (κ2) is 10.0. The lowest BCUT2D eigenvalue weighted by Crippen LogP contribution is -2.23. The van der Waals surface area contributed by atoms with Crippen molar-refractivity contribution in [3.63, 3.8) is 0 Å². The van der Waals surface area contributed by atoms with Gasteiger partial charge >= 0.3 is 0 Å². The summed E-state index contributed by atoms with van der Waals surface area (Å²) in [6, 6.07) is 12.5. The number of nitrogens with zero attached hydrogens (tertiary/aromatic N) is 4. The molecule has 1 heterocycles. The predicted octanol–water partition coefficient (Wildman–Crippen LogP) is 2.07. The van der Waals surface area contributed by atoms with Gasteiger partial charge in [-0.2, -0.15) is 5.10 Å². The normalized spacial score (nSPS) is 10.7. The van der Waals surface area contributed by atoms with Crippen molar-refractivity contribution >= 4 is 23.7 Å². The molecular weight excluding hydrogens is 400 g/mol. The standard InChI is InChI=1S/C21H22N6O4/c1-14(28)23-17-6-4-5-15(9-17)19-12-27(26-24-19)13-21(29)25-22-11-16-7-8-18(30-2)10-20(16)31-3/h4-12H,13H2,1-3H3,(H,23,28)(H,25,29). The zero-order chi connectivity index (χ0) is 22.2. The first-order chi connectivity index (χ1) is 15.0. The van der Waals surface area contributed by atoms with Crippen molar-refractivity contribution in [3.05, 3.63) is 54.2 Å². The van der Waals surface area contributed by atoms with Gasteiger partial charge in [0.05, 0.1) is 26.6 Å². The van der Waals surface area contributed by atoms with Crippen LogP contribution in [0.3, 0.4) is 0 Å². The maximum atomic E-state index is 12.2. The van der Waals surface area contributed by atoms with E-state index in [9.17, 15) is 9.59 Å². The van der Waals surface area contributed by atoms with Gasteiger partial charge in [-0.15, -0.1) is 5.10 Å². The summed E-state index contributed by atoms with van der Waals surface area (Å²) >= 11 is 0. The largest absolute Gasteiger partial charge is 0.497 e. The van der Waals surface area contributed by atoms with Gasteiger partial charge in [0.1, 0.15) is 23.7 Å². The zero-order valence-corrected chi connectivity index (χ0v) is 17.3. The Balaban J connectivity index is 1.60. The molecule has 10 heteroatoms. The number of carbonyl (C=O) groups is 2. The van der Waals surface area contributed by atoms with Gasteiger partial charge in [0, 0.05) is 29.8 Å². The molecule has 2 amide bonds. The highest BCUT2D eigenvalue weighted by Crippen LogP contribution is 2.23. The Bertz CT molecular complexity index is 1110. The Morgan fingerprint density at radius 3 is 2.74 bits per heavy atom. The fourth-order valence-corrected chi connectivity index (χ4v) is 2.75. The second-order valence-corrected chi connectivity index (χ2v) is 6.46. The topological polar surface area (TPSA) is 120 Å². The smallest absolute Gasteiger partial charge is 0.261 e. The van der Waals surface area contributed by atoms with Gasteiger partial charge in [0.15, 0.2) is 0 Å². The number of aromatic nitrogens is 3. The first-order valence-corrected chi connectivity index (χ1v) is 9.30. The quantitative estimate of drug-likeness (QED) is 0.424. The molecule has 160 valence electrons. The molecule has 3 rings (SSSR count). The molecule has 2 aromatic carbocycles. The summed E-state index contributed by atoms with van der Waals surface area (Å²) in [6.07, 6.45) is 3.12. The van der Waals surface area contributed by atoms with Crippen LogP contribution < -0.4 is 20.2 Å². The molecule has 0 saturated carbocycles. The van der Waals surface area contributed by atoms with Crippen LogP contribution in [0.15, 0.2) is 53.8 Å². The van der Waals surface area contributed by atoms with Gasteiger partial charge < -0.3 is 14.8 Å². The molecule has 0 radical (unpaired) electrons. The molecule has 0 unspecified atom stereocenters. The monoisotopic (exact) mass is 422 g/mol. The van der Waals surface area contributed by atoms with E-state index in [-0.39, 0.29) is 18.4 Å². The molecule has 0 aliphatic heterocycles. The number of rotatable bonds is 8. The lowest BCUT2D eigenvalue weighted by atomic mass is 10.1. The third-order valence-electron chi connectivity index (χ3n) is 4.16. The molecule has 1 aromatic heterocycles. The van der Waals surface area contributed by atoms with E-state index in [2.05, 4.69) is 26.2 Å². The summed E-state index contributed by atoms with van der Waals surface area (Å²) < 4.78 is 11.8. The van der Waals surface area contributed by atoms with Crippen molar-refractivity contribution in [3.8, 4) is 22.8 Å². The van der Waals surface area contributed by atoms with Crippen molar-refractivity contribution in [2.45, 2.75) is 13.5 Å². The van der Waals surface area contributed by atoms with Gasteiger partial charge in [0.25, 0.3) is 5.91 Å². The van der Waals surface area contributed by atoms with E-state index >= 15 is 0 Å². The summed E-state index contributed by atoms with van der Waals surface area (Å²) in [5.41, 5.74) is 5.13. The first-order valence-electron chi connectivity index (χ1n) is 9.30. The van der Waals surface area contributed by atoms with Crippen LogP contribution in [0.25, 0.3) is 11.3 Å². The van der Waals surface area contributed by atoms with Crippen molar-refractivity contribution in [2.75, 3.05) is 19.5 Å². The number of methoxy groups -OCH3 is 2. The van der Waals surface area contributed by atoms with Gasteiger partial charge in [-0.1, -0.05) is 17.3 Å². The number of carbonyl (C=O) groups excluding carboxylic acids is 2. The van der Waals surface area contributed by atoms with E-state index in [1.54, 1.807) is 56.8 Å². The van der Waals surface area contributed by atoms with Crippen LogP contribution in [0.2, 0.25) is 0 Å². The van der Waals surface area contributed by atoms with Crippen molar-refractivity contribution in [1.29, 1.82) is 0 Å². The molecule has 0 aliphatic carbocycles. The van der Waals surface area contributed by atoms with E-state index < -0.39 is 0 Å². The molecule has 0 aliphatic rings. The molecule has 31 heavy (non-hydrogen) atoms. The predicted molar refractivity (Wildman–Crippen MR) is 115 cm³/mol. The summed E-state index contributed by atoms with van der Waals surface area (Å²) in [6.45, 7) is 1.38. The van der Waals surface area contributed by atoms with Gasteiger partial charge in [-0.05, 0) is 24.3 Å². The number of hydrazone groups is 1. The van der Waals surface area contributed by atoms with Crippen molar-refractivity contribution in [2.24, 2.45) is 5.10 Å². The Hall–Kier alpha value is -4.21. The molecule has 0 bridgehead atoms. The van der Waals surface area contributed by atoms with Crippen molar-refractivity contribution < 1.29 is 19.1 Å². The number of anilines is 1. The Labute approximate surface area is 178 Å². The van der Waals surface area contributed by atoms with Crippen LogP contribution in [0.4, 0.5) is 5.69 Å². The number of ether oxygens (including phenoxy) is 2. The van der Waals surface area contributed by atoms with E-state index in [0.717, 1.165) is 5.56 Å². The lowest BCUT2D eigenvalue weighted by Gasteiger charge is -2.06. The van der Waals surface area contributed by atoms with Crippen LogP contribution in [-0.4, -0.2) is 47.2 Å². The second-order valence-electron chi connectivity index (χ2n) is 6.46. The van der Waals surface area contributed by atoms with Gasteiger partial charge in [-0.25, -0.2) is 10.1 Å². The summed E-state index contributed by atoms with van der Waals surface area (Å²) in [5.74, 6) is 0.694. The molecule has 2 N–H and O–H groups in total. The molecular formula is C21H22N6O4. The fraction of sp³-hybridized carbons (Fsp3) is 0.190. The van der Waals surface area contributed by atoms with E-state index in [1.165, 1.54) is 17.8 Å². The first kappa shape index (κ1) is 21.5. The Morgan fingerprint density at radius 2 is 2.00 bits per heavy atom. The van der Waals surface area contributed by atoms with Crippen molar-refractivity contribution in [1.82, 2.24) is 20.4 Å². The third kappa shape index (κ3) is 5.89. The van der Waals surface area contributed by atoms with E-state index in [1.807, 2.05) is 6.07 Å². The zero-order valence-electron chi connectivity index (χ0n) is 17.3. The van der Waals surface area contributed by atoms with Crippen LogP contribution in [0.1, 0.15) is 12.5 Å². The number of hydrogen-bond donors (Lipinski definition) is 2. The number of nitrogens with one attached hydrogen (secondary N) is 2. The third-order valence-corrected chi connectivity index (χ3v) is 4.16. The molecule has 3 aromatic rings. The minimum Gasteiger partial charge on any atom is -0.497 e. The highest BCUT2D eigenvalue weighted by Gasteiger charge is 2.09. The molecule has 0 atom stereocenters. The summed E-state index contributed by atoms with van der Waals surface area (Å²) in [7, 11) is 3.11. The number of amides is 2. The lowest BCUT2D eigenvalue weighted by molar-refractivity contribution is -0.121.